The maximum atomic E-state index is 13.7. The molecule has 31 heavy (non-hydrogen) atoms. The molecule has 2 aromatic heterocycles. The highest BCUT2D eigenvalue weighted by Gasteiger charge is 2.28. The molecule has 1 fully saturated rings. The van der Waals surface area contributed by atoms with Crippen LogP contribution in [-0.2, 0) is 18.4 Å². The first-order valence-electron chi connectivity index (χ1n) is 11.1. The topological polar surface area (TPSA) is 47.2 Å². The van der Waals surface area contributed by atoms with Crippen LogP contribution in [0.5, 0.6) is 0 Å². The summed E-state index contributed by atoms with van der Waals surface area (Å²) in [6.07, 6.45) is 6.33. The van der Waals surface area contributed by atoms with Gasteiger partial charge in [0.2, 0.25) is 5.91 Å². The third kappa shape index (κ3) is 3.44. The van der Waals surface area contributed by atoms with E-state index in [-0.39, 0.29) is 23.9 Å². The maximum Gasteiger partial charge on any atom is 0.243 e. The molecule has 1 saturated heterocycles. The highest BCUT2D eigenvalue weighted by molar-refractivity contribution is 5.94. The Morgan fingerprint density at radius 2 is 1.58 bits per heavy atom. The Bertz CT molecular complexity index is 1260. The van der Waals surface area contributed by atoms with E-state index in [1.165, 1.54) is 5.69 Å². The van der Waals surface area contributed by atoms with Gasteiger partial charge < -0.3 is 14.0 Å². The summed E-state index contributed by atoms with van der Waals surface area (Å²) >= 11 is 0. The van der Waals surface area contributed by atoms with Crippen LogP contribution in [0.3, 0.4) is 0 Å². The number of carbonyl (C=O) groups is 1. The molecule has 1 aliphatic heterocycles. The van der Waals surface area contributed by atoms with Gasteiger partial charge in [0.15, 0.2) is 5.43 Å². The van der Waals surface area contributed by atoms with Crippen LogP contribution in [0.1, 0.15) is 37.4 Å². The number of fused-ring (bicyclic) bond motifs is 2. The quantitative estimate of drug-likeness (QED) is 0.460. The van der Waals surface area contributed by atoms with Gasteiger partial charge in [0.1, 0.15) is 6.54 Å². The Balaban J connectivity index is 1.60. The molecule has 4 aromatic rings. The fraction of sp³-hybridized carbons (Fsp3) is 0.308. The highest BCUT2D eigenvalue weighted by Crippen LogP contribution is 2.31. The number of nitrogens with zero attached hydrogens (tertiary/aromatic N) is 3. The largest absolute Gasteiger partial charge is 0.353 e. The van der Waals surface area contributed by atoms with Crippen LogP contribution < -0.4 is 5.43 Å². The van der Waals surface area contributed by atoms with Gasteiger partial charge in [0, 0.05) is 36.3 Å². The Morgan fingerprint density at radius 3 is 2.23 bits per heavy atom. The van der Waals surface area contributed by atoms with Crippen molar-refractivity contribution in [2.45, 2.75) is 38.3 Å². The number of aromatic nitrogens is 2. The van der Waals surface area contributed by atoms with Crippen molar-refractivity contribution >= 4 is 27.7 Å². The van der Waals surface area contributed by atoms with Crippen LogP contribution in [0.2, 0.25) is 0 Å². The van der Waals surface area contributed by atoms with Crippen molar-refractivity contribution in [3.8, 4) is 0 Å². The summed E-state index contributed by atoms with van der Waals surface area (Å²) in [5.41, 5.74) is 2.82. The average Bonchev–Trinajstić information content (AvgIpc) is 3.07. The summed E-state index contributed by atoms with van der Waals surface area (Å²) in [5.74, 6) is 0.104. The number of rotatable bonds is 3. The van der Waals surface area contributed by atoms with E-state index < -0.39 is 0 Å². The van der Waals surface area contributed by atoms with Crippen molar-refractivity contribution in [2.75, 3.05) is 6.54 Å². The van der Waals surface area contributed by atoms with Crippen LogP contribution in [0.4, 0.5) is 0 Å². The molecule has 0 unspecified atom stereocenters. The first kappa shape index (κ1) is 19.6. The Kier molecular flexibility index (Phi) is 5.10. The van der Waals surface area contributed by atoms with Gasteiger partial charge in [-0.2, -0.15) is 0 Å². The first-order chi connectivity index (χ1) is 15.1. The summed E-state index contributed by atoms with van der Waals surface area (Å²) in [6.45, 7) is 0.993. The molecule has 1 amide bonds. The van der Waals surface area contributed by atoms with Crippen molar-refractivity contribution in [3.05, 3.63) is 82.8 Å². The second-order valence-corrected chi connectivity index (χ2v) is 8.45. The predicted octanol–water partition coefficient (Wildman–Crippen LogP) is 4.64. The summed E-state index contributed by atoms with van der Waals surface area (Å²) in [5, 5.41) is 1.31. The molecule has 158 valence electrons. The number of hydrogen-bond acceptors (Lipinski definition) is 2. The lowest BCUT2D eigenvalue weighted by Crippen LogP contribution is -2.38. The number of amides is 1. The minimum atomic E-state index is 0.0198. The molecule has 0 spiro atoms. The van der Waals surface area contributed by atoms with Crippen LogP contribution in [0.25, 0.3) is 21.8 Å². The molecule has 5 rings (SSSR count). The predicted molar refractivity (Wildman–Crippen MR) is 124 cm³/mol. The molecule has 0 N–H and O–H groups in total. The second-order valence-electron chi connectivity index (χ2n) is 8.45. The molecular formula is C26H27N3O2. The minimum absolute atomic E-state index is 0.0198. The van der Waals surface area contributed by atoms with Gasteiger partial charge in [0.05, 0.1) is 17.1 Å². The van der Waals surface area contributed by atoms with E-state index in [9.17, 15) is 9.59 Å². The smallest absolute Gasteiger partial charge is 0.243 e. The van der Waals surface area contributed by atoms with E-state index in [4.69, 9.17) is 0 Å². The minimum Gasteiger partial charge on any atom is -0.353 e. The summed E-state index contributed by atoms with van der Waals surface area (Å²) in [4.78, 5) is 28.8. The number of aryl methyl sites for hydroxylation is 1. The zero-order chi connectivity index (χ0) is 21.4. The van der Waals surface area contributed by atoms with Crippen molar-refractivity contribution in [2.24, 2.45) is 7.05 Å². The van der Waals surface area contributed by atoms with E-state index in [0.717, 1.165) is 43.3 Å². The number of carbonyl (C=O) groups excluding carboxylic acids is 1. The molecule has 1 atom stereocenters. The highest BCUT2D eigenvalue weighted by atomic mass is 16.2. The lowest BCUT2D eigenvalue weighted by Gasteiger charge is -2.31. The van der Waals surface area contributed by atoms with Crippen LogP contribution in [0, 0.1) is 0 Å². The molecule has 3 heterocycles. The van der Waals surface area contributed by atoms with Gasteiger partial charge >= 0.3 is 0 Å². The van der Waals surface area contributed by atoms with E-state index in [2.05, 4.69) is 15.5 Å². The zero-order valence-corrected chi connectivity index (χ0v) is 17.8. The van der Waals surface area contributed by atoms with Crippen molar-refractivity contribution < 1.29 is 4.79 Å². The van der Waals surface area contributed by atoms with Crippen molar-refractivity contribution in [1.29, 1.82) is 0 Å². The lowest BCUT2D eigenvalue weighted by atomic mass is 10.1. The fourth-order valence-corrected chi connectivity index (χ4v) is 5.01. The van der Waals surface area contributed by atoms with Gasteiger partial charge in [-0.3, -0.25) is 9.59 Å². The third-order valence-electron chi connectivity index (χ3n) is 6.57. The normalized spacial score (nSPS) is 17.2. The Hall–Kier alpha value is -3.34. The number of para-hydroxylation sites is 2. The van der Waals surface area contributed by atoms with Gasteiger partial charge in [-0.25, -0.2) is 0 Å². The number of hydrogen-bond donors (Lipinski definition) is 0. The molecule has 2 aromatic carbocycles. The molecule has 5 heteroatoms. The fourth-order valence-electron chi connectivity index (χ4n) is 5.01. The monoisotopic (exact) mass is 413 g/mol. The number of likely N-dealkylation sites (tertiary alicyclic amines) is 1. The standard InChI is InChI=1S/C26H27N3O2/c1-27-16-9-15-23(27)24-14-3-2-8-17-28(24)25(30)18-29-21-12-6-4-10-19(21)26(31)20-11-5-7-13-22(20)29/h4-7,9-13,15-16,24H,2-3,8,14,17-18H2,1H3/t24-/m1/s1. The Labute approximate surface area is 181 Å². The van der Waals surface area contributed by atoms with E-state index in [1.807, 2.05) is 72.4 Å². The molecule has 0 bridgehead atoms. The number of pyridine rings is 1. The van der Waals surface area contributed by atoms with Gasteiger partial charge in [0.25, 0.3) is 0 Å². The average molecular weight is 414 g/mol. The van der Waals surface area contributed by atoms with Crippen molar-refractivity contribution in [1.82, 2.24) is 14.0 Å². The van der Waals surface area contributed by atoms with Crippen LogP contribution >= 0.6 is 0 Å². The molecular weight excluding hydrogens is 386 g/mol. The van der Waals surface area contributed by atoms with Gasteiger partial charge in [-0.1, -0.05) is 37.1 Å². The van der Waals surface area contributed by atoms with Crippen LogP contribution in [-0.4, -0.2) is 26.5 Å². The van der Waals surface area contributed by atoms with E-state index in [1.54, 1.807) is 0 Å². The Morgan fingerprint density at radius 1 is 0.903 bits per heavy atom. The molecule has 0 aliphatic carbocycles. The maximum absolute atomic E-state index is 13.7. The second kappa shape index (κ2) is 8.06. The van der Waals surface area contributed by atoms with E-state index in [0.29, 0.717) is 10.8 Å². The lowest BCUT2D eigenvalue weighted by molar-refractivity contribution is -0.134. The van der Waals surface area contributed by atoms with Crippen molar-refractivity contribution in [3.63, 3.8) is 0 Å². The summed E-state index contributed by atoms with van der Waals surface area (Å²) in [7, 11) is 2.05. The first-order valence-corrected chi connectivity index (χ1v) is 11.1. The number of benzene rings is 2. The van der Waals surface area contributed by atoms with Gasteiger partial charge in [-0.05, 0) is 49.2 Å². The zero-order valence-electron chi connectivity index (χ0n) is 17.8. The summed E-state index contributed by atoms with van der Waals surface area (Å²) < 4.78 is 4.14. The SMILES string of the molecule is Cn1cccc1[C@H]1CCCCCN1C(=O)Cn1c2ccccc2c(=O)c2ccccc21. The molecule has 0 saturated carbocycles. The summed E-state index contributed by atoms with van der Waals surface area (Å²) in [6, 6.07) is 19.5. The van der Waals surface area contributed by atoms with E-state index >= 15 is 0 Å². The third-order valence-corrected chi connectivity index (χ3v) is 6.57. The molecule has 1 aliphatic rings. The molecule has 0 radical (unpaired) electrons. The molecule has 5 nitrogen and oxygen atoms in total. The van der Waals surface area contributed by atoms with Gasteiger partial charge in [-0.15, -0.1) is 0 Å². The van der Waals surface area contributed by atoms with Crippen LogP contribution in [0.15, 0.2) is 71.7 Å².